The van der Waals surface area contributed by atoms with Gasteiger partial charge in [0.15, 0.2) is 0 Å². The fourth-order valence-corrected chi connectivity index (χ4v) is 1.18. The maximum absolute atomic E-state index is 8.85. The number of rotatable bonds is 3. The second-order valence-corrected chi connectivity index (χ2v) is 2.72. The molecule has 0 unspecified atom stereocenters. The Labute approximate surface area is 88.0 Å². The second kappa shape index (κ2) is 4.91. The molecule has 0 saturated heterocycles. The van der Waals surface area contributed by atoms with Crippen LogP contribution in [-0.4, -0.2) is 19.3 Å². The highest BCUT2D eigenvalue weighted by molar-refractivity contribution is 5.79. The van der Waals surface area contributed by atoms with E-state index in [0.717, 1.165) is 6.26 Å². The molecule has 0 fully saturated rings. The van der Waals surface area contributed by atoms with Crippen molar-refractivity contribution in [2.24, 2.45) is 0 Å². The molecule has 0 saturated carbocycles. The van der Waals surface area contributed by atoms with Crippen molar-refractivity contribution >= 4 is 5.57 Å². The lowest BCUT2D eigenvalue weighted by Crippen LogP contribution is -1.92. The first-order valence-corrected chi connectivity index (χ1v) is 4.23. The van der Waals surface area contributed by atoms with Gasteiger partial charge < -0.3 is 14.6 Å². The highest BCUT2D eigenvalue weighted by atomic mass is 16.5. The first-order chi connectivity index (χ1) is 7.26. The van der Waals surface area contributed by atoms with E-state index in [0.29, 0.717) is 17.1 Å². The van der Waals surface area contributed by atoms with Gasteiger partial charge in [-0.2, -0.15) is 5.26 Å². The summed E-state index contributed by atoms with van der Waals surface area (Å²) < 4.78 is 10.1. The Morgan fingerprint density at radius 3 is 2.60 bits per heavy atom. The van der Waals surface area contributed by atoms with Crippen LogP contribution in [0.25, 0.3) is 5.57 Å². The summed E-state index contributed by atoms with van der Waals surface area (Å²) >= 11 is 0. The molecule has 0 radical (unpaired) electrons. The number of methoxy groups -OCH3 is 2. The molecule has 0 aliphatic heterocycles. The Morgan fingerprint density at radius 1 is 1.40 bits per heavy atom. The molecule has 1 N–H and O–H groups in total. The topological polar surface area (TPSA) is 62.5 Å². The van der Waals surface area contributed by atoms with Gasteiger partial charge >= 0.3 is 0 Å². The van der Waals surface area contributed by atoms with Crippen molar-refractivity contribution in [2.45, 2.75) is 0 Å². The van der Waals surface area contributed by atoms with Crippen molar-refractivity contribution in [3.8, 4) is 17.6 Å². The summed E-state index contributed by atoms with van der Waals surface area (Å²) in [5.41, 5.74) is 0.679. The molecule has 4 heteroatoms. The Balaban J connectivity index is 3.26. The number of benzene rings is 1. The van der Waals surface area contributed by atoms with Crippen LogP contribution < -0.4 is 9.47 Å². The molecule has 0 amide bonds. The fourth-order valence-electron chi connectivity index (χ4n) is 1.18. The number of nitrogens with zero attached hydrogens (tertiary/aromatic N) is 1. The fraction of sp³-hybridized carbons (Fsp3) is 0.182. The van der Waals surface area contributed by atoms with E-state index in [1.807, 2.05) is 6.07 Å². The van der Waals surface area contributed by atoms with Crippen LogP contribution >= 0.6 is 0 Å². The van der Waals surface area contributed by atoms with E-state index in [1.54, 1.807) is 25.3 Å². The van der Waals surface area contributed by atoms with Gasteiger partial charge in [0, 0.05) is 11.6 Å². The third-order valence-electron chi connectivity index (χ3n) is 1.95. The molecule has 15 heavy (non-hydrogen) atoms. The first-order valence-electron chi connectivity index (χ1n) is 4.23. The normalized spacial score (nSPS) is 10.6. The molecule has 78 valence electrons. The summed E-state index contributed by atoms with van der Waals surface area (Å²) in [6.45, 7) is 0. The van der Waals surface area contributed by atoms with Crippen LogP contribution in [0.1, 0.15) is 5.56 Å². The smallest absolute Gasteiger partial charge is 0.131 e. The van der Waals surface area contributed by atoms with Crippen LogP contribution in [0.15, 0.2) is 24.5 Å². The van der Waals surface area contributed by atoms with E-state index in [2.05, 4.69) is 0 Å². The van der Waals surface area contributed by atoms with Crippen LogP contribution in [-0.2, 0) is 0 Å². The zero-order valence-electron chi connectivity index (χ0n) is 8.52. The number of aliphatic hydroxyl groups excluding tert-OH is 1. The molecular formula is C11H11NO3. The Kier molecular flexibility index (Phi) is 3.58. The maximum Gasteiger partial charge on any atom is 0.131 e. The molecule has 4 nitrogen and oxygen atoms in total. The molecule has 0 aliphatic carbocycles. The lowest BCUT2D eigenvalue weighted by molar-refractivity contribution is 0.393. The van der Waals surface area contributed by atoms with E-state index in [4.69, 9.17) is 19.8 Å². The van der Waals surface area contributed by atoms with Crippen LogP contribution in [0.3, 0.4) is 0 Å². The third kappa shape index (κ3) is 2.20. The minimum Gasteiger partial charge on any atom is -0.514 e. The van der Waals surface area contributed by atoms with Gasteiger partial charge in [0.2, 0.25) is 0 Å². The van der Waals surface area contributed by atoms with Crippen LogP contribution in [0.4, 0.5) is 0 Å². The molecule has 0 aliphatic rings. The molecule has 1 rings (SSSR count). The average molecular weight is 205 g/mol. The van der Waals surface area contributed by atoms with Crippen molar-refractivity contribution in [2.75, 3.05) is 14.2 Å². The van der Waals surface area contributed by atoms with Crippen LogP contribution in [0.5, 0.6) is 11.5 Å². The lowest BCUT2D eigenvalue weighted by atomic mass is 10.1. The molecule has 0 atom stereocenters. The Morgan fingerprint density at radius 2 is 2.13 bits per heavy atom. The predicted molar refractivity (Wildman–Crippen MR) is 55.8 cm³/mol. The van der Waals surface area contributed by atoms with Crippen molar-refractivity contribution in [3.05, 3.63) is 30.0 Å². The molecule has 1 aromatic rings. The Bertz CT molecular complexity index is 418. The van der Waals surface area contributed by atoms with E-state index < -0.39 is 0 Å². The summed E-state index contributed by atoms with van der Waals surface area (Å²) in [6.07, 6.45) is 0.754. The number of allylic oxidation sites excluding steroid dienone is 1. The van der Waals surface area contributed by atoms with Gasteiger partial charge in [0.25, 0.3) is 0 Å². The third-order valence-corrected chi connectivity index (χ3v) is 1.95. The summed E-state index contributed by atoms with van der Waals surface area (Å²) in [4.78, 5) is 0. The average Bonchev–Trinajstić information content (AvgIpc) is 2.31. The minimum absolute atomic E-state index is 0.148. The maximum atomic E-state index is 8.85. The van der Waals surface area contributed by atoms with Crippen LogP contribution in [0.2, 0.25) is 0 Å². The van der Waals surface area contributed by atoms with E-state index >= 15 is 0 Å². The minimum atomic E-state index is 0.148. The molecule has 0 spiro atoms. The Hall–Kier alpha value is -2.15. The lowest BCUT2D eigenvalue weighted by Gasteiger charge is -2.08. The monoisotopic (exact) mass is 205 g/mol. The van der Waals surface area contributed by atoms with Crippen molar-refractivity contribution in [1.29, 1.82) is 5.26 Å². The van der Waals surface area contributed by atoms with Gasteiger partial charge in [-0.05, 0) is 12.1 Å². The number of nitriles is 1. The number of hydrogen-bond acceptors (Lipinski definition) is 4. The largest absolute Gasteiger partial charge is 0.514 e. The summed E-state index contributed by atoms with van der Waals surface area (Å²) in [7, 11) is 3.03. The van der Waals surface area contributed by atoms with Crippen molar-refractivity contribution < 1.29 is 14.6 Å². The zero-order chi connectivity index (χ0) is 11.3. The van der Waals surface area contributed by atoms with Gasteiger partial charge in [-0.3, -0.25) is 0 Å². The summed E-state index contributed by atoms with van der Waals surface area (Å²) in [5.74, 6) is 1.11. The van der Waals surface area contributed by atoms with Crippen molar-refractivity contribution in [3.63, 3.8) is 0 Å². The second-order valence-electron chi connectivity index (χ2n) is 2.72. The van der Waals surface area contributed by atoms with E-state index in [-0.39, 0.29) is 5.57 Å². The summed E-state index contributed by atoms with van der Waals surface area (Å²) in [6, 6.07) is 6.87. The van der Waals surface area contributed by atoms with E-state index in [9.17, 15) is 0 Å². The van der Waals surface area contributed by atoms with E-state index in [1.165, 1.54) is 7.11 Å². The standard InChI is InChI=1S/C11H11NO3/c1-14-9-3-4-10(8(6-12)7-13)11(5-9)15-2/h3-5,7,13H,1-2H3/b8-7+. The molecule has 0 bridgehead atoms. The van der Waals surface area contributed by atoms with Gasteiger partial charge in [-0.15, -0.1) is 0 Å². The first kappa shape index (κ1) is 10.9. The highest BCUT2D eigenvalue weighted by Gasteiger charge is 2.09. The number of hydrogen-bond donors (Lipinski definition) is 1. The van der Waals surface area contributed by atoms with Crippen molar-refractivity contribution in [1.82, 2.24) is 0 Å². The highest BCUT2D eigenvalue weighted by Crippen LogP contribution is 2.29. The summed E-state index contributed by atoms with van der Waals surface area (Å²) in [5, 5.41) is 17.6. The number of ether oxygens (including phenoxy) is 2. The van der Waals surface area contributed by atoms with Gasteiger partial charge in [0.1, 0.15) is 17.6 Å². The van der Waals surface area contributed by atoms with Gasteiger partial charge in [0.05, 0.1) is 26.1 Å². The predicted octanol–water partition coefficient (Wildman–Crippen LogP) is 2.13. The SMILES string of the molecule is COc1ccc(/C(C#N)=C/O)c(OC)c1. The molecular weight excluding hydrogens is 194 g/mol. The molecule has 0 aromatic heterocycles. The number of aliphatic hydroxyl groups is 1. The van der Waals surface area contributed by atoms with Crippen LogP contribution in [0, 0.1) is 11.3 Å². The zero-order valence-corrected chi connectivity index (χ0v) is 8.52. The van der Waals surface area contributed by atoms with Gasteiger partial charge in [-0.25, -0.2) is 0 Å². The molecule has 0 heterocycles. The van der Waals surface area contributed by atoms with Gasteiger partial charge in [-0.1, -0.05) is 0 Å². The molecule has 1 aromatic carbocycles. The quantitative estimate of drug-likeness (QED) is 0.606.